The first-order valence-corrected chi connectivity index (χ1v) is 9.87. The van der Waals surface area contributed by atoms with Crippen molar-refractivity contribution in [3.8, 4) is 11.8 Å². The molecule has 2 aliphatic carbocycles. The molecule has 0 spiro atoms. The number of Topliss-reactive ketones (excluding diaryl/α,β-unsaturated/α-hetero) is 1. The number of carboxylic acid groups (broad SMARTS) is 1. The summed E-state index contributed by atoms with van der Waals surface area (Å²) in [6.07, 6.45) is 7.48. The van der Waals surface area contributed by atoms with Crippen LogP contribution in [0.5, 0.6) is 0 Å². The fourth-order valence-corrected chi connectivity index (χ4v) is 4.01. The molecule has 1 fully saturated rings. The zero-order chi connectivity index (χ0) is 20.2. The molecule has 1 N–H and O–H groups in total. The first-order chi connectivity index (χ1) is 12.6. The first-order valence-electron chi connectivity index (χ1n) is 9.87. The number of hydrogen-bond acceptors (Lipinski definition) is 3. The Kier molecular flexibility index (Phi) is 6.70. The van der Waals surface area contributed by atoms with Crippen LogP contribution in [0.25, 0.3) is 0 Å². The van der Waals surface area contributed by atoms with Gasteiger partial charge in [-0.15, -0.1) is 0 Å². The smallest absolute Gasteiger partial charge is 0.328 e. The molecule has 0 radical (unpaired) electrons. The van der Waals surface area contributed by atoms with Crippen molar-refractivity contribution < 1.29 is 19.4 Å². The Labute approximate surface area is 163 Å². The summed E-state index contributed by atoms with van der Waals surface area (Å²) in [5, 5.41) is 8.91. The number of allylic oxidation sites excluding steroid dienone is 1. The molecule has 0 aromatic rings. The first kappa shape index (κ1) is 21.4. The third-order valence-corrected chi connectivity index (χ3v) is 6.23. The van der Waals surface area contributed by atoms with Crippen LogP contribution in [0.1, 0.15) is 73.1 Å². The summed E-state index contributed by atoms with van der Waals surface area (Å²) < 4.78 is 6.22. The van der Waals surface area contributed by atoms with E-state index in [0.717, 1.165) is 24.5 Å². The lowest BCUT2D eigenvalue weighted by Crippen LogP contribution is -2.50. The SMILES string of the molecule is CC1=C(C#CC2CCCCC2)C(=O)CC(C)(C)[C@]1(C)OC/C(C)=C\C(=O)O. The Hall–Kier alpha value is -1.86. The Balaban J connectivity index is 2.32. The number of ether oxygens (including phenoxy) is 1. The molecule has 0 heterocycles. The quantitative estimate of drug-likeness (QED) is 0.574. The molecule has 0 aromatic heterocycles. The van der Waals surface area contributed by atoms with Gasteiger partial charge in [-0.3, -0.25) is 4.79 Å². The van der Waals surface area contributed by atoms with Crippen molar-refractivity contribution in [1.29, 1.82) is 0 Å². The minimum absolute atomic E-state index is 0.0830. The van der Waals surface area contributed by atoms with Crippen molar-refractivity contribution in [2.75, 3.05) is 6.61 Å². The van der Waals surface area contributed by atoms with Gasteiger partial charge in [0.1, 0.15) is 0 Å². The molecule has 0 aromatic carbocycles. The number of aliphatic carboxylic acids is 1. The Bertz CT molecular complexity index is 723. The van der Waals surface area contributed by atoms with Crippen molar-refractivity contribution in [2.24, 2.45) is 11.3 Å². The molecule has 0 bridgehead atoms. The topological polar surface area (TPSA) is 63.6 Å². The minimum atomic E-state index is -0.981. The van der Waals surface area contributed by atoms with Crippen molar-refractivity contribution in [2.45, 2.75) is 78.7 Å². The van der Waals surface area contributed by atoms with Gasteiger partial charge in [0.05, 0.1) is 17.8 Å². The lowest BCUT2D eigenvalue weighted by molar-refractivity contribution is -0.131. The molecular weight excluding hydrogens is 340 g/mol. The van der Waals surface area contributed by atoms with Gasteiger partial charge in [0, 0.05) is 23.8 Å². The molecule has 2 rings (SSSR count). The fraction of sp³-hybridized carbons (Fsp3) is 0.652. The molecule has 0 unspecified atom stereocenters. The number of carbonyl (C=O) groups excluding carboxylic acids is 1. The second-order valence-corrected chi connectivity index (χ2v) is 8.74. The molecule has 1 atom stereocenters. The van der Waals surface area contributed by atoms with E-state index in [0.29, 0.717) is 23.5 Å². The van der Waals surface area contributed by atoms with Gasteiger partial charge in [0.2, 0.25) is 0 Å². The lowest BCUT2D eigenvalue weighted by atomic mass is 9.63. The third kappa shape index (κ3) is 4.90. The Morgan fingerprint density at radius 2 is 1.89 bits per heavy atom. The van der Waals surface area contributed by atoms with Gasteiger partial charge in [0.15, 0.2) is 5.78 Å². The van der Waals surface area contributed by atoms with Crippen LogP contribution in [-0.4, -0.2) is 29.1 Å². The van der Waals surface area contributed by atoms with Crippen LogP contribution < -0.4 is 0 Å². The van der Waals surface area contributed by atoms with Gasteiger partial charge in [0.25, 0.3) is 0 Å². The summed E-state index contributed by atoms with van der Waals surface area (Å²) in [5.41, 5.74) is 1.01. The maximum Gasteiger partial charge on any atom is 0.328 e. The van der Waals surface area contributed by atoms with Crippen molar-refractivity contribution in [1.82, 2.24) is 0 Å². The standard InChI is InChI=1S/C23H32O4/c1-16(13-21(25)26)15-27-23(5)17(2)19(20(24)14-22(23,3)4)12-11-18-9-7-6-8-10-18/h13,18H,6-10,14-15H2,1-5H3,(H,25,26)/b16-13-/t23-/m1/s1. The maximum absolute atomic E-state index is 12.8. The van der Waals surface area contributed by atoms with Crippen LogP contribution in [-0.2, 0) is 14.3 Å². The third-order valence-electron chi connectivity index (χ3n) is 6.23. The van der Waals surface area contributed by atoms with Crippen molar-refractivity contribution in [3.05, 3.63) is 22.8 Å². The highest BCUT2D eigenvalue weighted by molar-refractivity contribution is 6.02. The van der Waals surface area contributed by atoms with E-state index in [-0.39, 0.29) is 12.4 Å². The largest absolute Gasteiger partial charge is 0.478 e. The van der Waals surface area contributed by atoms with E-state index in [1.807, 2.05) is 27.7 Å². The van der Waals surface area contributed by atoms with E-state index in [2.05, 4.69) is 11.8 Å². The van der Waals surface area contributed by atoms with Crippen LogP contribution in [0.15, 0.2) is 22.8 Å². The van der Waals surface area contributed by atoms with Crippen LogP contribution in [0, 0.1) is 23.2 Å². The number of rotatable bonds is 4. The maximum atomic E-state index is 12.8. The molecule has 1 saturated carbocycles. The number of carboxylic acids is 1. The highest BCUT2D eigenvalue weighted by atomic mass is 16.5. The zero-order valence-corrected chi connectivity index (χ0v) is 17.3. The zero-order valence-electron chi connectivity index (χ0n) is 17.3. The normalized spacial score (nSPS) is 26.6. The van der Waals surface area contributed by atoms with Gasteiger partial charge in [-0.25, -0.2) is 4.79 Å². The van der Waals surface area contributed by atoms with E-state index in [1.54, 1.807) is 6.92 Å². The average Bonchev–Trinajstić information content (AvgIpc) is 2.58. The summed E-state index contributed by atoms with van der Waals surface area (Å²) in [6, 6.07) is 0. The number of hydrogen-bond donors (Lipinski definition) is 1. The van der Waals surface area contributed by atoms with Crippen LogP contribution >= 0.6 is 0 Å². The van der Waals surface area contributed by atoms with E-state index in [1.165, 1.54) is 19.3 Å². The summed E-state index contributed by atoms with van der Waals surface area (Å²) in [6.45, 7) is 9.92. The molecule has 2 aliphatic rings. The molecular formula is C23H32O4. The van der Waals surface area contributed by atoms with Crippen LogP contribution in [0.2, 0.25) is 0 Å². The predicted octanol–water partition coefficient (Wildman–Crippen LogP) is 4.69. The van der Waals surface area contributed by atoms with E-state index in [9.17, 15) is 9.59 Å². The molecule has 4 heteroatoms. The highest BCUT2D eigenvalue weighted by Gasteiger charge is 2.49. The van der Waals surface area contributed by atoms with E-state index >= 15 is 0 Å². The van der Waals surface area contributed by atoms with Crippen LogP contribution in [0.3, 0.4) is 0 Å². The molecule has 4 nitrogen and oxygen atoms in total. The van der Waals surface area contributed by atoms with E-state index < -0.39 is 17.0 Å². The second kappa shape index (κ2) is 8.44. The van der Waals surface area contributed by atoms with Crippen molar-refractivity contribution >= 4 is 11.8 Å². The summed E-state index contributed by atoms with van der Waals surface area (Å²) in [7, 11) is 0. The van der Waals surface area contributed by atoms with Gasteiger partial charge >= 0.3 is 5.97 Å². The fourth-order valence-electron chi connectivity index (χ4n) is 4.01. The van der Waals surface area contributed by atoms with Crippen LogP contribution in [0.4, 0.5) is 0 Å². The average molecular weight is 373 g/mol. The van der Waals surface area contributed by atoms with Gasteiger partial charge in [-0.2, -0.15) is 0 Å². The second-order valence-electron chi connectivity index (χ2n) is 8.74. The summed E-state index contributed by atoms with van der Waals surface area (Å²) >= 11 is 0. The van der Waals surface area contributed by atoms with Gasteiger partial charge in [-0.05, 0) is 44.8 Å². The van der Waals surface area contributed by atoms with E-state index in [4.69, 9.17) is 9.84 Å². The van der Waals surface area contributed by atoms with Crippen molar-refractivity contribution in [3.63, 3.8) is 0 Å². The number of ketones is 1. The molecule has 0 amide bonds. The molecule has 0 aliphatic heterocycles. The Morgan fingerprint density at radius 1 is 1.26 bits per heavy atom. The summed E-state index contributed by atoms with van der Waals surface area (Å²) in [4.78, 5) is 23.6. The lowest BCUT2D eigenvalue weighted by Gasteiger charge is -2.48. The predicted molar refractivity (Wildman–Crippen MR) is 106 cm³/mol. The minimum Gasteiger partial charge on any atom is -0.478 e. The summed E-state index contributed by atoms with van der Waals surface area (Å²) in [5.74, 6) is 6.02. The monoisotopic (exact) mass is 372 g/mol. The van der Waals surface area contributed by atoms with Gasteiger partial charge in [-0.1, -0.05) is 45.0 Å². The molecule has 27 heavy (non-hydrogen) atoms. The Morgan fingerprint density at radius 3 is 2.48 bits per heavy atom. The number of carbonyl (C=O) groups is 2. The molecule has 148 valence electrons. The van der Waals surface area contributed by atoms with Gasteiger partial charge < -0.3 is 9.84 Å². The molecule has 0 saturated heterocycles. The highest BCUT2D eigenvalue weighted by Crippen LogP contribution is 2.47.